The van der Waals surface area contributed by atoms with Crippen LogP contribution in [0.4, 0.5) is 5.69 Å². The molecule has 2 N–H and O–H groups in total. The lowest BCUT2D eigenvalue weighted by Crippen LogP contribution is -2.53. The fourth-order valence-corrected chi connectivity index (χ4v) is 6.03. The van der Waals surface area contributed by atoms with Gasteiger partial charge >= 0.3 is 0 Å². The van der Waals surface area contributed by atoms with E-state index in [1.165, 1.54) is 4.90 Å². The van der Waals surface area contributed by atoms with Crippen LogP contribution in [0.2, 0.25) is 0 Å². The molecular formula is C27H31N3O5. The highest BCUT2D eigenvalue weighted by molar-refractivity contribution is 6.15. The predicted octanol–water partition coefficient (Wildman–Crippen LogP) is 2.71. The third-order valence-corrected chi connectivity index (χ3v) is 7.51. The first-order chi connectivity index (χ1) is 16.8. The Labute approximate surface area is 205 Å². The van der Waals surface area contributed by atoms with Gasteiger partial charge in [-0.25, -0.2) is 0 Å². The number of rotatable bonds is 7. The lowest BCUT2D eigenvalue weighted by Gasteiger charge is -2.30. The van der Waals surface area contributed by atoms with Crippen LogP contribution >= 0.6 is 0 Å². The van der Waals surface area contributed by atoms with Crippen LogP contribution in [0.3, 0.4) is 0 Å². The van der Waals surface area contributed by atoms with Gasteiger partial charge in [-0.1, -0.05) is 38.1 Å². The molecule has 0 aliphatic carbocycles. The molecule has 0 radical (unpaired) electrons. The summed E-state index contributed by atoms with van der Waals surface area (Å²) in [4.78, 5) is 42.3. The van der Waals surface area contributed by atoms with Crippen molar-refractivity contribution in [1.82, 2.24) is 10.2 Å². The summed E-state index contributed by atoms with van der Waals surface area (Å²) in [5.41, 5.74) is 1.13. The van der Waals surface area contributed by atoms with E-state index in [0.717, 1.165) is 11.1 Å². The van der Waals surface area contributed by atoms with Crippen molar-refractivity contribution in [3.8, 4) is 11.5 Å². The molecule has 2 fully saturated rings. The van der Waals surface area contributed by atoms with Gasteiger partial charge < -0.3 is 14.8 Å². The van der Waals surface area contributed by atoms with Crippen LogP contribution in [0.5, 0.6) is 11.5 Å². The Morgan fingerprint density at radius 2 is 1.74 bits per heavy atom. The molecule has 0 bridgehead atoms. The lowest BCUT2D eigenvalue weighted by atomic mass is 9.76. The molecule has 8 heteroatoms. The summed E-state index contributed by atoms with van der Waals surface area (Å²) in [5, 5.41) is 6.42. The molecule has 3 aliphatic heterocycles. The number of nitrogens with zero attached hydrogens (tertiary/aromatic N) is 1. The van der Waals surface area contributed by atoms with Crippen molar-refractivity contribution in [1.29, 1.82) is 0 Å². The van der Waals surface area contributed by atoms with Crippen molar-refractivity contribution in [3.05, 3.63) is 53.6 Å². The SMILES string of the molecule is COc1ccc(CCN2C(=O)[C@H]3[C@@H](C2=O)[C@]2(N[C@@H]3CC(C)C)C(=O)Nc3ccccc32)cc1OC. The number of benzene rings is 2. The number of para-hydroxylation sites is 1. The number of ether oxygens (including phenoxy) is 2. The number of carbonyl (C=O) groups excluding carboxylic acids is 3. The molecule has 8 nitrogen and oxygen atoms in total. The number of likely N-dealkylation sites (tertiary alicyclic amines) is 1. The number of hydrogen-bond acceptors (Lipinski definition) is 6. The standard InChI is InChI=1S/C27H31N3O5/c1-15(2)13-19-22-23(27(29-19)17-7-5-6-8-18(17)28-26(27)33)25(32)30(24(22)31)12-11-16-9-10-20(34-3)21(14-16)35-4/h5-10,14-15,19,22-23,29H,11-13H2,1-4H3,(H,28,33)/t19-,22-,23+,27+/m1/s1. The van der Waals surface area contributed by atoms with E-state index in [0.29, 0.717) is 35.9 Å². The Morgan fingerprint density at radius 3 is 2.46 bits per heavy atom. The van der Waals surface area contributed by atoms with Crippen LogP contribution in [0.15, 0.2) is 42.5 Å². The normalized spacial score (nSPS) is 26.9. The van der Waals surface area contributed by atoms with Gasteiger partial charge in [-0.15, -0.1) is 0 Å². The Kier molecular flexibility index (Phi) is 5.79. The van der Waals surface area contributed by atoms with Gasteiger partial charge in [0, 0.05) is 23.8 Å². The van der Waals surface area contributed by atoms with Gasteiger partial charge in [-0.3, -0.25) is 24.6 Å². The van der Waals surface area contributed by atoms with E-state index in [2.05, 4.69) is 24.5 Å². The predicted molar refractivity (Wildman–Crippen MR) is 130 cm³/mol. The zero-order valence-corrected chi connectivity index (χ0v) is 20.5. The molecule has 3 aliphatic rings. The molecule has 2 aromatic carbocycles. The topological polar surface area (TPSA) is 97.0 Å². The number of carbonyl (C=O) groups is 3. The number of amides is 3. The smallest absolute Gasteiger partial charge is 0.250 e. The average Bonchev–Trinajstić information content (AvgIpc) is 3.41. The van der Waals surface area contributed by atoms with Crippen LogP contribution < -0.4 is 20.1 Å². The second-order valence-corrected chi connectivity index (χ2v) is 9.96. The van der Waals surface area contributed by atoms with E-state index in [1.54, 1.807) is 14.2 Å². The Hall–Kier alpha value is -3.39. The third kappa shape index (κ3) is 3.50. The van der Waals surface area contributed by atoms with E-state index in [-0.39, 0.29) is 30.3 Å². The number of methoxy groups -OCH3 is 2. The minimum Gasteiger partial charge on any atom is -0.493 e. The van der Waals surface area contributed by atoms with Crippen molar-refractivity contribution in [3.63, 3.8) is 0 Å². The number of fused-ring (bicyclic) bond motifs is 4. The van der Waals surface area contributed by atoms with Crippen molar-refractivity contribution in [2.45, 2.75) is 38.3 Å². The number of nitrogens with one attached hydrogen (secondary N) is 2. The maximum Gasteiger partial charge on any atom is 0.250 e. The average molecular weight is 478 g/mol. The Morgan fingerprint density at radius 1 is 1.00 bits per heavy atom. The van der Waals surface area contributed by atoms with E-state index in [4.69, 9.17) is 9.47 Å². The molecular weight excluding hydrogens is 446 g/mol. The van der Waals surface area contributed by atoms with Crippen LogP contribution in [-0.2, 0) is 26.3 Å². The van der Waals surface area contributed by atoms with E-state index >= 15 is 0 Å². The number of anilines is 1. The van der Waals surface area contributed by atoms with E-state index in [1.807, 2.05) is 42.5 Å². The maximum absolute atomic E-state index is 13.8. The van der Waals surface area contributed by atoms with Crippen LogP contribution in [0.1, 0.15) is 31.4 Å². The summed E-state index contributed by atoms with van der Waals surface area (Å²) in [6.45, 7) is 4.41. The second kappa shape index (κ2) is 8.68. The molecule has 0 unspecified atom stereocenters. The molecule has 3 amide bonds. The molecule has 35 heavy (non-hydrogen) atoms. The maximum atomic E-state index is 13.8. The summed E-state index contributed by atoms with van der Waals surface area (Å²) >= 11 is 0. The van der Waals surface area contributed by atoms with Gasteiger partial charge in [-0.2, -0.15) is 0 Å². The molecule has 184 valence electrons. The molecule has 1 spiro atoms. The first-order valence-corrected chi connectivity index (χ1v) is 12.1. The Balaban J connectivity index is 1.47. The van der Waals surface area contributed by atoms with Crippen molar-refractivity contribution in [2.75, 3.05) is 26.1 Å². The Bertz CT molecular complexity index is 1200. The summed E-state index contributed by atoms with van der Waals surface area (Å²) in [6, 6.07) is 12.7. The molecule has 4 atom stereocenters. The minimum atomic E-state index is -1.23. The van der Waals surface area contributed by atoms with E-state index in [9.17, 15) is 14.4 Å². The van der Waals surface area contributed by atoms with Crippen molar-refractivity contribution in [2.24, 2.45) is 17.8 Å². The van der Waals surface area contributed by atoms with E-state index < -0.39 is 17.4 Å². The highest BCUT2D eigenvalue weighted by Crippen LogP contribution is 2.53. The highest BCUT2D eigenvalue weighted by Gasteiger charge is 2.70. The first kappa shape index (κ1) is 23.4. The van der Waals surface area contributed by atoms with Gasteiger partial charge in [0.2, 0.25) is 17.7 Å². The largest absolute Gasteiger partial charge is 0.493 e. The van der Waals surface area contributed by atoms with Crippen molar-refractivity contribution < 1.29 is 23.9 Å². The van der Waals surface area contributed by atoms with Gasteiger partial charge in [0.15, 0.2) is 11.5 Å². The minimum absolute atomic E-state index is 0.201. The van der Waals surface area contributed by atoms with Gasteiger partial charge in [0.25, 0.3) is 0 Å². The summed E-state index contributed by atoms with van der Waals surface area (Å²) < 4.78 is 10.7. The molecule has 2 saturated heterocycles. The second-order valence-electron chi connectivity index (χ2n) is 9.96. The molecule has 2 aromatic rings. The monoisotopic (exact) mass is 477 g/mol. The fourth-order valence-electron chi connectivity index (χ4n) is 6.03. The van der Waals surface area contributed by atoms with Crippen molar-refractivity contribution >= 4 is 23.4 Å². The van der Waals surface area contributed by atoms with Gasteiger partial charge in [-0.05, 0) is 42.5 Å². The molecule has 0 saturated carbocycles. The molecule has 5 rings (SSSR count). The fraction of sp³-hybridized carbons (Fsp3) is 0.444. The molecule has 3 heterocycles. The summed E-state index contributed by atoms with van der Waals surface area (Å²) in [7, 11) is 3.15. The highest BCUT2D eigenvalue weighted by atomic mass is 16.5. The zero-order valence-electron chi connectivity index (χ0n) is 20.5. The molecule has 0 aromatic heterocycles. The summed E-state index contributed by atoms with van der Waals surface area (Å²) in [6.07, 6.45) is 1.18. The van der Waals surface area contributed by atoms with Crippen LogP contribution in [0, 0.1) is 17.8 Å². The lowest BCUT2D eigenvalue weighted by molar-refractivity contribution is -0.142. The van der Waals surface area contributed by atoms with Gasteiger partial charge in [0.1, 0.15) is 5.54 Å². The quantitative estimate of drug-likeness (QED) is 0.596. The summed E-state index contributed by atoms with van der Waals surface area (Å²) in [5.74, 6) is -0.580. The number of imide groups is 1. The number of hydrogen-bond donors (Lipinski definition) is 2. The third-order valence-electron chi connectivity index (χ3n) is 7.51. The first-order valence-electron chi connectivity index (χ1n) is 12.1. The van der Waals surface area contributed by atoms with Crippen LogP contribution in [0.25, 0.3) is 0 Å². The van der Waals surface area contributed by atoms with Gasteiger partial charge in [0.05, 0.1) is 26.1 Å². The zero-order chi connectivity index (χ0) is 24.9. The van der Waals surface area contributed by atoms with Crippen LogP contribution in [-0.4, -0.2) is 49.4 Å².